The number of ether oxygens (including phenoxy) is 2. The third kappa shape index (κ3) is 5.86. The summed E-state index contributed by atoms with van der Waals surface area (Å²) in [4.78, 5) is 26.4. The van der Waals surface area contributed by atoms with Crippen LogP contribution in [0.5, 0.6) is 0 Å². The Bertz CT molecular complexity index is 958. The fourth-order valence-corrected chi connectivity index (χ4v) is 4.00. The molecular formula is C22H23ClN2O4S. The zero-order chi connectivity index (χ0) is 21.5. The van der Waals surface area contributed by atoms with Crippen LogP contribution in [0.4, 0.5) is 5.69 Å². The number of fused-ring (bicyclic) bond motifs is 1. The Morgan fingerprint density at radius 1 is 1.20 bits per heavy atom. The number of benzene rings is 2. The molecule has 8 heteroatoms. The van der Waals surface area contributed by atoms with Crippen LogP contribution in [0.15, 0.2) is 52.3 Å². The van der Waals surface area contributed by atoms with Crippen molar-refractivity contribution < 1.29 is 19.1 Å². The van der Waals surface area contributed by atoms with Crippen molar-refractivity contribution in [2.75, 3.05) is 25.1 Å². The summed E-state index contributed by atoms with van der Waals surface area (Å²) in [6.45, 7) is 4.96. The highest BCUT2D eigenvalue weighted by Gasteiger charge is 2.22. The molecule has 0 radical (unpaired) electrons. The molecule has 2 aromatic carbocycles. The summed E-state index contributed by atoms with van der Waals surface area (Å²) >= 11 is 7.37. The third-order valence-electron chi connectivity index (χ3n) is 4.21. The predicted molar refractivity (Wildman–Crippen MR) is 120 cm³/mol. The first kappa shape index (κ1) is 22.4. The van der Waals surface area contributed by atoms with E-state index in [4.69, 9.17) is 21.1 Å². The van der Waals surface area contributed by atoms with E-state index in [1.165, 1.54) is 11.8 Å². The Morgan fingerprint density at radius 2 is 1.97 bits per heavy atom. The first-order valence-corrected chi connectivity index (χ1v) is 10.8. The molecular weight excluding hydrogens is 424 g/mol. The van der Waals surface area contributed by atoms with Gasteiger partial charge >= 0.3 is 0 Å². The number of amides is 2. The number of rotatable bonds is 8. The summed E-state index contributed by atoms with van der Waals surface area (Å²) in [5.41, 5.74) is 1.90. The molecule has 0 saturated carbocycles. The molecule has 30 heavy (non-hydrogen) atoms. The van der Waals surface area contributed by atoms with Crippen LogP contribution in [0.1, 0.15) is 29.8 Å². The summed E-state index contributed by atoms with van der Waals surface area (Å²) in [5, 5.41) is 6.27. The average molecular weight is 447 g/mol. The number of anilines is 1. The number of halogens is 1. The van der Waals surface area contributed by atoms with Gasteiger partial charge in [-0.25, -0.2) is 0 Å². The van der Waals surface area contributed by atoms with Gasteiger partial charge in [-0.3, -0.25) is 9.59 Å². The quantitative estimate of drug-likeness (QED) is 0.459. The monoisotopic (exact) mass is 446 g/mol. The first-order valence-electron chi connectivity index (χ1n) is 9.62. The molecule has 2 aromatic rings. The smallest absolute Gasteiger partial charge is 0.262 e. The number of hydrogen-bond donors (Lipinski definition) is 2. The number of nitrogens with one attached hydrogen (secondary N) is 2. The first-order chi connectivity index (χ1) is 14.5. The molecule has 0 fully saturated rings. The van der Waals surface area contributed by atoms with Gasteiger partial charge in [0, 0.05) is 28.7 Å². The lowest BCUT2D eigenvalue weighted by Crippen LogP contribution is -2.35. The Labute approximate surface area is 185 Å². The van der Waals surface area contributed by atoms with E-state index in [2.05, 4.69) is 10.6 Å². The lowest BCUT2D eigenvalue weighted by molar-refractivity contribution is -0.131. The van der Waals surface area contributed by atoms with E-state index in [0.717, 1.165) is 10.5 Å². The maximum Gasteiger partial charge on any atom is 0.262 e. The van der Waals surface area contributed by atoms with Crippen LogP contribution in [0.2, 0.25) is 5.02 Å². The van der Waals surface area contributed by atoms with Crippen molar-refractivity contribution >= 4 is 46.9 Å². The maximum atomic E-state index is 12.5. The molecule has 3 rings (SSSR count). The van der Waals surface area contributed by atoms with Gasteiger partial charge in [-0.15, -0.1) is 0 Å². The van der Waals surface area contributed by atoms with E-state index in [1.807, 2.05) is 32.0 Å². The second kappa shape index (κ2) is 10.6. The van der Waals surface area contributed by atoms with Crippen LogP contribution in [-0.2, 0) is 14.3 Å². The van der Waals surface area contributed by atoms with E-state index >= 15 is 0 Å². The Kier molecular flexibility index (Phi) is 7.93. The highest BCUT2D eigenvalue weighted by Crippen LogP contribution is 2.39. The number of carbonyl (C=O) groups excluding carboxylic acids is 2. The molecule has 2 N–H and O–H groups in total. The summed E-state index contributed by atoms with van der Waals surface area (Å²) < 4.78 is 10.9. The molecule has 0 unspecified atom stereocenters. The fourth-order valence-electron chi connectivity index (χ4n) is 2.87. The minimum atomic E-state index is -0.490. The Hall–Kier alpha value is -2.32. The Balaban J connectivity index is 1.70. The molecule has 0 aromatic heterocycles. The van der Waals surface area contributed by atoms with E-state index in [9.17, 15) is 9.59 Å². The predicted octanol–water partition coefficient (Wildman–Crippen LogP) is 4.55. The number of carbonyl (C=O) groups is 2. The van der Waals surface area contributed by atoms with Gasteiger partial charge in [-0.1, -0.05) is 35.5 Å². The summed E-state index contributed by atoms with van der Waals surface area (Å²) in [6.07, 6.45) is 1.30. The molecule has 1 aliphatic heterocycles. The van der Waals surface area contributed by atoms with E-state index in [-0.39, 0.29) is 18.4 Å². The van der Waals surface area contributed by atoms with Gasteiger partial charge in [-0.05, 0) is 55.8 Å². The van der Waals surface area contributed by atoms with Crippen LogP contribution in [-0.4, -0.2) is 37.9 Å². The molecule has 158 valence electrons. The summed E-state index contributed by atoms with van der Waals surface area (Å²) in [5.74, 6) is -0.487. The molecule has 0 spiro atoms. The lowest BCUT2D eigenvalue weighted by atomic mass is 10.1. The van der Waals surface area contributed by atoms with Crippen molar-refractivity contribution in [1.82, 2.24) is 5.32 Å². The minimum Gasteiger partial charge on any atom is -0.351 e. The van der Waals surface area contributed by atoms with Crippen molar-refractivity contribution in [3.63, 3.8) is 0 Å². The SMILES string of the molecule is CCOC(CNC(=O)c1ccc2c(c1)NC(=O)C(=Cc1cccc(Cl)c1)S2)OCC. The lowest BCUT2D eigenvalue weighted by Gasteiger charge is -2.20. The topological polar surface area (TPSA) is 76.7 Å². The second-order valence-electron chi connectivity index (χ2n) is 6.38. The van der Waals surface area contributed by atoms with Crippen molar-refractivity contribution in [3.05, 3.63) is 63.5 Å². The molecule has 1 heterocycles. The summed E-state index contributed by atoms with van der Waals surface area (Å²) in [7, 11) is 0. The van der Waals surface area contributed by atoms with Crippen molar-refractivity contribution in [1.29, 1.82) is 0 Å². The maximum absolute atomic E-state index is 12.5. The Morgan fingerprint density at radius 3 is 2.67 bits per heavy atom. The van der Waals surface area contributed by atoms with Crippen LogP contribution in [0.25, 0.3) is 6.08 Å². The van der Waals surface area contributed by atoms with E-state index in [0.29, 0.717) is 34.4 Å². The highest BCUT2D eigenvalue weighted by atomic mass is 35.5. The highest BCUT2D eigenvalue weighted by molar-refractivity contribution is 8.04. The molecule has 2 amide bonds. The van der Waals surface area contributed by atoms with E-state index < -0.39 is 6.29 Å². The standard InChI is InChI=1S/C22H23ClN2O4S/c1-3-28-20(29-4-2)13-24-21(26)15-8-9-18-17(12-15)25-22(27)19(30-18)11-14-6-5-7-16(23)10-14/h5-12,20H,3-4,13H2,1-2H3,(H,24,26)(H,25,27). The average Bonchev–Trinajstić information content (AvgIpc) is 2.72. The van der Waals surface area contributed by atoms with Crippen LogP contribution < -0.4 is 10.6 Å². The molecule has 0 aliphatic carbocycles. The molecule has 1 aliphatic rings. The van der Waals surface area contributed by atoms with Gasteiger partial charge in [0.25, 0.3) is 11.8 Å². The van der Waals surface area contributed by atoms with Crippen LogP contribution in [0.3, 0.4) is 0 Å². The zero-order valence-corrected chi connectivity index (χ0v) is 18.3. The van der Waals surface area contributed by atoms with Crippen LogP contribution in [0, 0.1) is 0 Å². The largest absolute Gasteiger partial charge is 0.351 e. The van der Waals surface area contributed by atoms with Gasteiger partial charge in [0.05, 0.1) is 17.1 Å². The molecule has 0 atom stereocenters. The third-order valence-corrected chi connectivity index (χ3v) is 5.55. The van der Waals surface area contributed by atoms with Crippen molar-refractivity contribution in [2.24, 2.45) is 0 Å². The minimum absolute atomic E-state index is 0.224. The van der Waals surface area contributed by atoms with Crippen LogP contribution >= 0.6 is 23.4 Å². The van der Waals surface area contributed by atoms with E-state index in [1.54, 1.807) is 30.3 Å². The second-order valence-corrected chi connectivity index (χ2v) is 7.90. The molecule has 6 nitrogen and oxygen atoms in total. The van der Waals surface area contributed by atoms with Gasteiger partial charge in [0.1, 0.15) is 0 Å². The summed E-state index contributed by atoms with van der Waals surface area (Å²) in [6, 6.07) is 12.5. The normalized spacial score (nSPS) is 14.5. The van der Waals surface area contributed by atoms with Gasteiger partial charge < -0.3 is 20.1 Å². The fraction of sp³-hybridized carbons (Fsp3) is 0.273. The molecule has 0 bridgehead atoms. The zero-order valence-electron chi connectivity index (χ0n) is 16.7. The van der Waals surface area contributed by atoms with Gasteiger partial charge in [0.2, 0.25) is 0 Å². The van der Waals surface area contributed by atoms with Crippen molar-refractivity contribution in [3.8, 4) is 0 Å². The molecule has 0 saturated heterocycles. The van der Waals surface area contributed by atoms with Gasteiger partial charge in [-0.2, -0.15) is 0 Å². The number of hydrogen-bond acceptors (Lipinski definition) is 5. The van der Waals surface area contributed by atoms with Gasteiger partial charge in [0.15, 0.2) is 6.29 Å². The van der Waals surface area contributed by atoms with Crippen molar-refractivity contribution in [2.45, 2.75) is 25.0 Å². The number of thioether (sulfide) groups is 1.